The average Bonchev–Trinajstić information content (AvgIpc) is 2.85. The number of aliphatic hydroxyl groups excluding tert-OH is 1. The molecule has 34 heavy (non-hydrogen) atoms. The number of hydrogen-bond acceptors (Lipinski definition) is 4. The molecule has 0 saturated carbocycles. The third-order valence-electron chi connectivity index (χ3n) is 5.93. The summed E-state index contributed by atoms with van der Waals surface area (Å²) >= 11 is 0. The molecule has 0 radical (unpaired) electrons. The molecule has 5 heteroatoms. The molecule has 0 atom stereocenters. The van der Waals surface area contributed by atoms with E-state index in [0.29, 0.717) is 17.9 Å². The second-order valence-corrected chi connectivity index (χ2v) is 11.0. The Labute approximate surface area is 207 Å². The Morgan fingerprint density at radius 2 is 1.21 bits per heavy atom. The van der Waals surface area contributed by atoms with Crippen LogP contribution in [-0.4, -0.2) is 32.5 Å². The van der Waals surface area contributed by atoms with Crippen LogP contribution in [0.1, 0.15) is 88.7 Å². The van der Waals surface area contributed by atoms with Crippen molar-refractivity contribution in [3.63, 3.8) is 0 Å². The van der Waals surface area contributed by atoms with E-state index >= 15 is 0 Å². The van der Waals surface area contributed by atoms with E-state index in [1.54, 1.807) is 12.1 Å². The first-order valence-corrected chi connectivity index (χ1v) is 14.5. The normalized spacial score (nSPS) is 11.8. The van der Waals surface area contributed by atoms with Gasteiger partial charge in [0, 0.05) is 13.0 Å². The molecule has 2 aromatic rings. The molecular formula is C29H42O4S. The fraction of sp³-hybridized carbons (Fsp3) is 0.517. The van der Waals surface area contributed by atoms with Crippen LogP contribution in [-0.2, 0) is 9.84 Å². The Hall–Kier alpha value is -2.11. The topological polar surface area (TPSA) is 63.6 Å². The van der Waals surface area contributed by atoms with E-state index < -0.39 is 9.84 Å². The highest BCUT2D eigenvalue weighted by atomic mass is 32.2. The fourth-order valence-electron chi connectivity index (χ4n) is 3.81. The lowest BCUT2D eigenvalue weighted by molar-refractivity contribution is 0.233. The Bertz CT molecular complexity index is 916. The van der Waals surface area contributed by atoms with Crippen molar-refractivity contribution < 1.29 is 18.3 Å². The Morgan fingerprint density at radius 1 is 0.706 bits per heavy atom. The summed E-state index contributed by atoms with van der Waals surface area (Å²) in [7, 11) is -3.22. The maximum absolute atomic E-state index is 12.6. The molecule has 0 bridgehead atoms. The molecule has 0 aliphatic heterocycles. The number of aliphatic hydroxyl groups is 1. The van der Waals surface area contributed by atoms with Crippen molar-refractivity contribution in [1.82, 2.24) is 0 Å². The SMILES string of the molecule is CCCCCCCCCCCCS(=O)(=O)c1ccc(C=Cc2ccc(OCCCO)cc2)cc1. The number of unbranched alkanes of at least 4 members (excludes halogenated alkanes) is 9. The van der Waals surface area contributed by atoms with Crippen LogP contribution in [0.5, 0.6) is 5.75 Å². The van der Waals surface area contributed by atoms with Gasteiger partial charge in [-0.2, -0.15) is 0 Å². The maximum atomic E-state index is 12.6. The van der Waals surface area contributed by atoms with Crippen molar-refractivity contribution in [3.8, 4) is 5.75 Å². The van der Waals surface area contributed by atoms with Crippen LogP contribution in [0.15, 0.2) is 53.4 Å². The first-order chi connectivity index (χ1) is 16.5. The molecule has 0 aliphatic carbocycles. The van der Waals surface area contributed by atoms with Gasteiger partial charge in [-0.3, -0.25) is 0 Å². The van der Waals surface area contributed by atoms with Crippen molar-refractivity contribution in [1.29, 1.82) is 0 Å². The molecular weight excluding hydrogens is 444 g/mol. The zero-order valence-electron chi connectivity index (χ0n) is 20.8. The van der Waals surface area contributed by atoms with E-state index in [-0.39, 0.29) is 12.4 Å². The zero-order valence-corrected chi connectivity index (χ0v) is 21.6. The predicted octanol–water partition coefficient (Wildman–Crippen LogP) is 7.31. The minimum atomic E-state index is -3.22. The van der Waals surface area contributed by atoms with Crippen molar-refractivity contribution in [2.24, 2.45) is 0 Å². The summed E-state index contributed by atoms with van der Waals surface area (Å²) in [6.45, 7) is 2.86. The predicted molar refractivity (Wildman–Crippen MR) is 143 cm³/mol. The summed E-state index contributed by atoms with van der Waals surface area (Å²) in [4.78, 5) is 0.407. The third-order valence-corrected chi connectivity index (χ3v) is 7.74. The first-order valence-electron chi connectivity index (χ1n) is 12.9. The molecule has 2 aromatic carbocycles. The van der Waals surface area contributed by atoms with Gasteiger partial charge in [0.15, 0.2) is 9.84 Å². The van der Waals surface area contributed by atoms with Crippen LogP contribution in [0.4, 0.5) is 0 Å². The molecule has 0 aromatic heterocycles. The van der Waals surface area contributed by atoms with E-state index in [9.17, 15) is 8.42 Å². The zero-order chi connectivity index (χ0) is 24.5. The molecule has 188 valence electrons. The van der Waals surface area contributed by atoms with Crippen LogP contribution in [0.25, 0.3) is 12.2 Å². The molecule has 4 nitrogen and oxygen atoms in total. The molecule has 2 rings (SSSR count). The van der Waals surface area contributed by atoms with E-state index in [2.05, 4.69) is 6.92 Å². The highest BCUT2D eigenvalue weighted by Crippen LogP contribution is 2.18. The molecule has 0 amide bonds. The lowest BCUT2D eigenvalue weighted by Gasteiger charge is -2.06. The number of hydrogen-bond donors (Lipinski definition) is 1. The lowest BCUT2D eigenvalue weighted by Crippen LogP contribution is -2.06. The van der Waals surface area contributed by atoms with Crippen LogP contribution in [0, 0.1) is 0 Å². The highest BCUT2D eigenvalue weighted by Gasteiger charge is 2.13. The minimum absolute atomic E-state index is 0.125. The monoisotopic (exact) mass is 486 g/mol. The van der Waals surface area contributed by atoms with Gasteiger partial charge in [-0.25, -0.2) is 8.42 Å². The van der Waals surface area contributed by atoms with Gasteiger partial charge in [0.1, 0.15) is 5.75 Å². The average molecular weight is 487 g/mol. The van der Waals surface area contributed by atoms with E-state index in [4.69, 9.17) is 9.84 Å². The van der Waals surface area contributed by atoms with Gasteiger partial charge in [-0.05, 0) is 41.8 Å². The molecule has 0 spiro atoms. The molecule has 0 unspecified atom stereocenters. The minimum Gasteiger partial charge on any atom is -0.494 e. The van der Waals surface area contributed by atoms with Gasteiger partial charge in [0.05, 0.1) is 17.3 Å². The maximum Gasteiger partial charge on any atom is 0.178 e. The fourth-order valence-corrected chi connectivity index (χ4v) is 5.18. The molecule has 0 heterocycles. The molecule has 0 fully saturated rings. The standard InChI is InChI=1S/C29H42O4S/c1-2-3-4-5-6-7-8-9-10-11-25-34(31,32)29-21-17-27(18-22-29)14-13-26-15-19-28(20-16-26)33-24-12-23-30/h13-22,30H,2-12,23-25H2,1H3. The molecule has 1 N–H and O–H groups in total. The van der Waals surface area contributed by atoms with Gasteiger partial charge in [0.25, 0.3) is 0 Å². The number of sulfone groups is 1. The summed E-state index contributed by atoms with van der Waals surface area (Å²) in [6.07, 6.45) is 16.5. The quantitative estimate of drug-likeness (QED) is 0.177. The van der Waals surface area contributed by atoms with Crippen LogP contribution >= 0.6 is 0 Å². The Morgan fingerprint density at radius 3 is 1.74 bits per heavy atom. The van der Waals surface area contributed by atoms with Crippen molar-refractivity contribution in [3.05, 3.63) is 59.7 Å². The summed E-state index contributed by atoms with van der Waals surface area (Å²) in [5, 5.41) is 8.81. The Balaban J connectivity index is 1.72. The van der Waals surface area contributed by atoms with Crippen molar-refractivity contribution in [2.75, 3.05) is 19.0 Å². The van der Waals surface area contributed by atoms with Crippen molar-refractivity contribution >= 4 is 22.0 Å². The number of rotatable bonds is 18. The largest absolute Gasteiger partial charge is 0.494 e. The van der Waals surface area contributed by atoms with Crippen LogP contribution in [0.2, 0.25) is 0 Å². The smallest absolute Gasteiger partial charge is 0.178 e. The number of benzene rings is 2. The second-order valence-electron chi connectivity index (χ2n) is 8.90. The first kappa shape index (κ1) is 28.1. The van der Waals surface area contributed by atoms with Crippen LogP contribution in [0.3, 0.4) is 0 Å². The van der Waals surface area contributed by atoms with E-state index in [1.807, 2.05) is 48.6 Å². The van der Waals surface area contributed by atoms with E-state index in [1.165, 1.54) is 44.9 Å². The van der Waals surface area contributed by atoms with E-state index in [0.717, 1.165) is 36.1 Å². The molecule has 0 aliphatic rings. The van der Waals surface area contributed by atoms with Gasteiger partial charge >= 0.3 is 0 Å². The summed E-state index contributed by atoms with van der Waals surface area (Å²) < 4.78 is 30.8. The lowest BCUT2D eigenvalue weighted by atomic mass is 10.1. The molecule has 0 saturated heterocycles. The second kappa shape index (κ2) is 16.5. The van der Waals surface area contributed by atoms with Gasteiger partial charge in [0.2, 0.25) is 0 Å². The van der Waals surface area contributed by atoms with Gasteiger partial charge < -0.3 is 9.84 Å². The third kappa shape index (κ3) is 11.3. The highest BCUT2D eigenvalue weighted by molar-refractivity contribution is 7.91. The van der Waals surface area contributed by atoms with Gasteiger partial charge in [-0.15, -0.1) is 0 Å². The Kier molecular flexibility index (Phi) is 13.7. The summed E-state index contributed by atoms with van der Waals surface area (Å²) in [5.41, 5.74) is 1.99. The van der Waals surface area contributed by atoms with Crippen molar-refractivity contribution in [2.45, 2.75) is 82.4 Å². The van der Waals surface area contributed by atoms with Gasteiger partial charge in [-0.1, -0.05) is 101 Å². The summed E-state index contributed by atoms with van der Waals surface area (Å²) in [6, 6.07) is 14.9. The summed E-state index contributed by atoms with van der Waals surface area (Å²) in [5.74, 6) is 1.01. The number of ether oxygens (including phenoxy) is 1. The van der Waals surface area contributed by atoms with Crippen LogP contribution < -0.4 is 4.74 Å².